The Morgan fingerprint density at radius 1 is 0.625 bits per heavy atom. The lowest BCUT2D eigenvalue weighted by molar-refractivity contribution is 0.217. The van der Waals surface area contributed by atoms with Gasteiger partial charge in [-0.3, -0.25) is 0 Å². The Kier molecular flexibility index (Phi) is 23.4. The summed E-state index contributed by atoms with van der Waals surface area (Å²) in [5.74, 6) is 11.1. The number of allylic oxidation sites excluding steroid dienone is 5. The van der Waals surface area contributed by atoms with Crippen molar-refractivity contribution in [2.24, 2.45) is 0 Å². The molecule has 176 valence electrons. The van der Waals surface area contributed by atoms with Crippen LogP contribution in [0, 0.1) is 36.5 Å². The average molecular weight is 437 g/mol. The van der Waals surface area contributed by atoms with Crippen molar-refractivity contribution in [3.63, 3.8) is 0 Å². The van der Waals surface area contributed by atoms with Crippen LogP contribution in [0.15, 0.2) is 36.5 Å². The highest BCUT2D eigenvalue weighted by molar-refractivity contribution is 5.06. The Hall–Kier alpha value is -2.18. The van der Waals surface area contributed by atoms with Crippen LogP contribution in [-0.2, 0) is 0 Å². The normalized spacial score (nSPS) is 13.1. The summed E-state index contributed by atoms with van der Waals surface area (Å²) in [5, 5.41) is 18.5. The number of hydrogen-bond acceptors (Lipinski definition) is 2. The first-order valence-electron chi connectivity index (χ1n) is 12.4. The molecule has 0 saturated carbocycles. The first-order chi connectivity index (χ1) is 15.7. The van der Waals surface area contributed by atoms with E-state index in [0.717, 1.165) is 57.8 Å². The van der Waals surface area contributed by atoms with Crippen LogP contribution >= 0.6 is 0 Å². The van der Waals surface area contributed by atoms with Gasteiger partial charge in [-0.2, -0.15) is 0 Å². The maximum Gasteiger partial charge on any atom is 0.133 e. The molecule has 0 fully saturated rings. The number of rotatable bonds is 19. The Bertz CT molecular complexity index is 645. The van der Waals surface area contributed by atoms with Crippen LogP contribution in [0.5, 0.6) is 0 Å². The summed E-state index contributed by atoms with van der Waals surface area (Å²) in [6.45, 7) is 0. The van der Waals surface area contributed by atoms with Gasteiger partial charge in [-0.05, 0) is 57.4 Å². The number of terminal acetylenes is 2. The van der Waals surface area contributed by atoms with E-state index in [-0.39, 0.29) is 0 Å². The van der Waals surface area contributed by atoms with Gasteiger partial charge in [0.2, 0.25) is 0 Å². The zero-order chi connectivity index (χ0) is 23.5. The Balaban J connectivity index is 3.38. The lowest BCUT2D eigenvalue weighted by Crippen LogP contribution is -2.01. The highest BCUT2D eigenvalue weighted by Gasteiger charge is 1.97. The van der Waals surface area contributed by atoms with Crippen molar-refractivity contribution in [1.29, 1.82) is 0 Å². The monoisotopic (exact) mass is 436 g/mol. The molecule has 0 aromatic carbocycles. The van der Waals surface area contributed by atoms with E-state index in [4.69, 9.17) is 12.8 Å². The van der Waals surface area contributed by atoms with Gasteiger partial charge in [0, 0.05) is 12.8 Å². The van der Waals surface area contributed by atoms with E-state index in [1.165, 1.54) is 44.9 Å². The summed E-state index contributed by atoms with van der Waals surface area (Å²) in [6, 6.07) is 0. The van der Waals surface area contributed by atoms with E-state index < -0.39 is 12.2 Å². The van der Waals surface area contributed by atoms with Gasteiger partial charge in [-0.1, -0.05) is 86.7 Å². The van der Waals surface area contributed by atoms with Gasteiger partial charge in [0.15, 0.2) is 0 Å². The molecule has 0 bridgehead atoms. The van der Waals surface area contributed by atoms with Gasteiger partial charge in [0.05, 0.1) is 0 Å². The minimum absolute atomic E-state index is 0.557. The van der Waals surface area contributed by atoms with Crippen LogP contribution in [0.1, 0.15) is 103 Å². The maximum absolute atomic E-state index is 9.28. The van der Waals surface area contributed by atoms with Crippen molar-refractivity contribution in [2.75, 3.05) is 0 Å². The zero-order valence-electron chi connectivity index (χ0n) is 20.0. The Morgan fingerprint density at radius 3 is 1.97 bits per heavy atom. The van der Waals surface area contributed by atoms with Crippen LogP contribution in [0.4, 0.5) is 0 Å². The maximum atomic E-state index is 9.28. The van der Waals surface area contributed by atoms with Gasteiger partial charge in [-0.25, -0.2) is 0 Å². The topological polar surface area (TPSA) is 40.5 Å². The second-order valence-corrected chi connectivity index (χ2v) is 8.11. The standard InChI is InChI=1S/C30H44O2/c1-3-29(31)27-25-23-21-19-17-15-13-11-9-7-5-6-8-10-12-14-16-18-20-22-24-26-28-30(32)4-2/h1-2,5-6,9,11,26,28-32H,7-8,13-25,27H2/b6-5+,11-9+,28-26+/t29-,30-/m1/s1. The van der Waals surface area contributed by atoms with Gasteiger partial charge in [-0.15, -0.1) is 18.8 Å². The van der Waals surface area contributed by atoms with E-state index >= 15 is 0 Å². The van der Waals surface area contributed by atoms with Gasteiger partial charge in [0.25, 0.3) is 0 Å². The summed E-state index contributed by atoms with van der Waals surface area (Å²) < 4.78 is 0. The molecule has 0 amide bonds. The van der Waals surface area contributed by atoms with Crippen LogP contribution < -0.4 is 0 Å². The molecule has 0 aliphatic rings. The molecule has 0 spiro atoms. The molecule has 0 radical (unpaired) electrons. The van der Waals surface area contributed by atoms with Crippen molar-refractivity contribution in [3.8, 4) is 36.5 Å². The van der Waals surface area contributed by atoms with Crippen LogP contribution in [0.3, 0.4) is 0 Å². The average Bonchev–Trinajstić information content (AvgIpc) is 2.81. The van der Waals surface area contributed by atoms with Gasteiger partial charge >= 0.3 is 0 Å². The number of aliphatic hydroxyl groups excluding tert-OH is 2. The molecule has 2 heteroatoms. The molecule has 0 aliphatic heterocycles. The van der Waals surface area contributed by atoms with Crippen LogP contribution in [-0.4, -0.2) is 22.4 Å². The second kappa shape index (κ2) is 25.1. The summed E-state index contributed by atoms with van der Waals surface area (Å²) in [6.07, 6.45) is 39.1. The lowest BCUT2D eigenvalue weighted by Gasteiger charge is -2.03. The summed E-state index contributed by atoms with van der Waals surface area (Å²) in [4.78, 5) is 0. The third-order valence-electron chi connectivity index (χ3n) is 5.15. The molecule has 0 saturated heterocycles. The quantitative estimate of drug-likeness (QED) is 0.131. The smallest absolute Gasteiger partial charge is 0.133 e. The summed E-state index contributed by atoms with van der Waals surface area (Å²) >= 11 is 0. The molecule has 0 aromatic rings. The fourth-order valence-corrected chi connectivity index (χ4v) is 3.19. The third-order valence-corrected chi connectivity index (χ3v) is 5.15. The van der Waals surface area contributed by atoms with Crippen molar-refractivity contribution < 1.29 is 10.2 Å². The molecule has 0 aliphatic carbocycles. The SMILES string of the molecule is C#C[C@@H](O)/C=C/CCCCCCC#CC/C=C/C/C=C/CCCCCCCC[C@H](O)C#C. The highest BCUT2D eigenvalue weighted by atomic mass is 16.3. The van der Waals surface area contributed by atoms with Gasteiger partial charge in [0.1, 0.15) is 12.2 Å². The molecule has 0 rings (SSSR count). The minimum atomic E-state index is -0.742. The van der Waals surface area contributed by atoms with Crippen molar-refractivity contribution in [1.82, 2.24) is 0 Å². The van der Waals surface area contributed by atoms with E-state index in [1.807, 2.05) is 6.08 Å². The Labute approximate surface area is 198 Å². The van der Waals surface area contributed by atoms with E-state index in [1.54, 1.807) is 6.08 Å². The minimum Gasteiger partial charge on any atom is -0.380 e. The first-order valence-corrected chi connectivity index (χ1v) is 12.4. The molecule has 0 heterocycles. The number of aliphatic hydroxyl groups is 2. The molecule has 2 N–H and O–H groups in total. The zero-order valence-corrected chi connectivity index (χ0v) is 20.0. The van der Waals surface area contributed by atoms with E-state index in [0.29, 0.717) is 0 Å². The van der Waals surface area contributed by atoms with Crippen molar-refractivity contribution >= 4 is 0 Å². The largest absolute Gasteiger partial charge is 0.380 e. The van der Waals surface area contributed by atoms with Crippen molar-refractivity contribution in [3.05, 3.63) is 36.5 Å². The first kappa shape index (κ1) is 29.8. The summed E-state index contributed by atoms with van der Waals surface area (Å²) in [7, 11) is 0. The fourth-order valence-electron chi connectivity index (χ4n) is 3.19. The molecular weight excluding hydrogens is 392 g/mol. The Morgan fingerprint density at radius 2 is 1.25 bits per heavy atom. The predicted molar refractivity (Wildman–Crippen MR) is 139 cm³/mol. The lowest BCUT2D eigenvalue weighted by atomic mass is 10.1. The van der Waals surface area contributed by atoms with Gasteiger partial charge < -0.3 is 10.2 Å². The second-order valence-electron chi connectivity index (χ2n) is 8.11. The molecule has 0 unspecified atom stereocenters. The number of unbranched alkanes of at least 4 members (excludes halogenated alkanes) is 11. The molecule has 2 nitrogen and oxygen atoms in total. The van der Waals surface area contributed by atoms with Crippen molar-refractivity contribution in [2.45, 2.75) is 115 Å². The molecule has 0 aromatic heterocycles. The molecule has 32 heavy (non-hydrogen) atoms. The van der Waals surface area contributed by atoms with Crippen LogP contribution in [0.2, 0.25) is 0 Å². The predicted octanol–water partition coefficient (Wildman–Crippen LogP) is 6.89. The molecular formula is C30H44O2. The third kappa shape index (κ3) is 24.1. The number of hydrogen-bond donors (Lipinski definition) is 2. The van der Waals surface area contributed by atoms with E-state index in [2.05, 4.69) is 48.0 Å². The summed E-state index contributed by atoms with van der Waals surface area (Å²) in [5.41, 5.74) is 0. The van der Waals surface area contributed by atoms with E-state index in [9.17, 15) is 10.2 Å². The highest BCUT2D eigenvalue weighted by Crippen LogP contribution is 2.10. The fraction of sp³-hybridized carbons (Fsp3) is 0.600. The van der Waals surface area contributed by atoms with Crippen LogP contribution in [0.25, 0.3) is 0 Å². The molecule has 2 atom stereocenters.